The van der Waals surface area contributed by atoms with Gasteiger partial charge in [0, 0.05) is 34.8 Å². The van der Waals surface area contributed by atoms with Crippen molar-refractivity contribution < 1.29 is 4.42 Å². The highest BCUT2D eigenvalue weighted by Gasteiger charge is 2.15. The van der Waals surface area contributed by atoms with Crippen molar-refractivity contribution in [2.45, 2.75) is 6.54 Å². The molecule has 5 rings (SSSR count). The Morgan fingerprint density at radius 2 is 1.62 bits per heavy atom. The molecule has 0 amide bonds. The summed E-state index contributed by atoms with van der Waals surface area (Å²) >= 11 is 0. The molecule has 0 unspecified atom stereocenters. The fraction of sp³-hybridized carbons (Fsp3) is 0.0400. The molecule has 2 aromatic carbocycles. The van der Waals surface area contributed by atoms with Crippen LogP contribution < -0.4 is 5.73 Å². The molecule has 0 saturated carbocycles. The van der Waals surface area contributed by atoms with E-state index in [0.717, 1.165) is 50.1 Å². The van der Waals surface area contributed by atoms with Crippen LogP contribution in [0.25, 0.3) is 44.5 Å². The summed E-state index contributed by atoms with van der Waals surface area (Å²) in [5.41, 5.74) is 13.8. The van der Waals surface area contributed by atoms with Crippen molar-refractivity contribution in [3.05, 3.63) is 97.1 Å². The number of nitrogens with two attached hydrogens (primary N) is 1. The lowest BCUT2D eigenvalue weighted by Gasteiger charge is -2.13. The van der Waals surface area contributed by atoms with Crippen LogP contribution in [0.1, 0.15) is 5.56 Å². The van der Waals surface area contributed by atoms with E-state index in [1.807, 2.05) is 30.3 Å². The molecule has 0 saturated heterocycles. The van der Waals surface area contributed by atoms with E-state index in [9.17, 15) is 0 Å². The van der Waals surface area contributed by atoms with Crippen LogP contribution in [0.15, 0.2) is 95.9 Å². The first-order valence-corrected chi connectivity index (χ1v) is 9.50. The Labute approximate surface area is 168 Å². The zero-order valence-corrected chi connectivity index (χ0v) is 15.7. The summed E-state index contributed by atoms with van der Waals surface area (Å²) in [7, 11) is 0. The van der Waals surface area contributed by atoms with E-state index in [4.69, 9.17) is 15.1 Å². The van der Waals surface area contributed by atoms with E-state index in [-0.39, 0.29) is 0 Å². The third-order valence-corrected chi connectivity index (χ3v) is 5.09. The number of fused-ring (bicyclic) bond motifs is 1. The number of hydrogen-bond donors (Lipinski definition) is 1. The Bertz CT molecular complexity index is 1260. The summed E-state index contributed by atoms with van der Waals surface area (Å²) in [4.78, 5) is 9.64. The van der Waals surface area contributed by atoms with Crippen molar-refractivity contribution >= 4 is 10.9 Å². The molecule has 5 aromatic rings. The molecule has 0 aliphatic heterocycles. The number of rotatable bonds is 4. The molecular formula is C25H19N3O. The maximum Gasteiger partial charge on any atom is 0.0996 e. The molecule has 0 aliphatic carbocycles. The van der Waals surface area contributed by atoms with Gasteiger partial charge in [-0.1, -0.05) is 54.6 Å². The van der Waals surface area contributed by atoms with Gasteiger partial charge in [-0.25, -0.2) is 4.98 Å². The lowest BCUT2D eigenvalue weighted by Crippen LogP contribution is -1.97. The molecule has 0 spiro atoms. The Hall–Kier alpha value is -3.76. The van der Waals surface area contributed by atoms with Crippen LogP contribution in [-0.2, 0) is 6.54 Å². The average molecular weight is 377 g/mol. The number of furan rings is 1. The second-order valence-electron chi connectivity index (χ2n) is 6.89. The van der Waals surface area contributed by atoms with Gasteiger partial charge in [0.05, 0.1) is 29.4 Å². The highest BCUT2D eigenvalue weighted by Crippen LogP contribution is 2.36. The topological polar surface area (TPSA) is 64.9 Å². The third-order valence-electron chi connectivity index (χ3n) is 5.09. The van der Waals surface area contributed by atoms with E-state index in [0.29, 0.717) is 6.54 Å². The molecule has 29 heavy (non-hydrogen) atoms. The Kier molecular flexibility index (Phi) is 4.39. The lowest BCUT2D eigenvalue weighted by molar-refractivity contribution is 0.568. The molecule has 0 fully saturated rings. The normalized spacial score (nSPS) is 11.1. The van der Waals surface area contributed by atoms with E-state index in [1.54, 1.807) is 18.7 Å². The highest BCUT2D eigenvalue weighted by molar-refractivity contribution is 5.98. The number of pyridine rings is 2. The molecule has 3 heterocycles. The maximum atomic E-state index is 5.77. The monoisotopic (exact) mass is 377 g/mol. The first-order valence-electron chi connectivity index (χ1n) is 9.50. The van der Waals surface area contributed by atoms with Crippen molar-refractivity contribution in [2.75, 3.05) is 0 Å². The minimum Gasteiger partial charge on any atom is -0.472 e. The van der Waals surface area contributed by atoms with Crippen LogP contribution in [0.4, 0.5) is 0 Å². The van der Waals surface area contributed by atoms with E-state index in [2.05, 4.69) is 47.4 Å². The Morgan fingerprint density at radius 3 is 2.34 bits per heavy atom. The number of aromatic nitrogens is 2. The molecule has 140 valence electrons. The van der Waals surface area contributed by atoms with Crippen LogP contribution >= 0.6 is 0 Å². The van der Waals surface area contributed by atoms with Crippen molar-refractivity contribution in [3.63, 3.8) is 0 Å². The predicted molar refractivity (Wildman–Crippen MR) is 116 cm³/mol. The molecule has 0 radical (unpaired) electrons. The summed E-state index contributed by atoms with van der Waals surface area (Å²) in [5.74, 6) is 0. The fourth-order valence-electron chi connectivity index (χ4n) is 3.58. The largest absolute Gasteiger partial charge is 0.472 e. The van der Waals surface area contributed by atoms with Crippen molar-refractivity contribution in [3.8, 4) is 33.6 Å². The number of benzene rings is 2. The smallest absolute Gasteiger partial charge is 0.0996 e. The maximum absolute atomic E-state index is 5.77. The molecule has 0 aliphatic rings. The van der Waals surface area contributed by atoms with Gasteiger partial charge in [-0.05, 0) is 29.3 Å². The van der Waals surface area contributed by atoms with Gasteiger partial charge >= 0.3 is 0 Å². The molecule has 0 atom stereocenters. The van der Waals surface area contributed by atoms with Gasteiger partial charge in [0.15, 0.2) is 0 Å². The van der Waals surface area contributed by atoms with Crippen LogP contribution in [0.3, 0.4) is 0 Å². The summed E-state index contributed by atoms with van der Waals surface area (Å²) in [5, 5.41) is 0.995. The van der Waals surface area contributed by atoms with E-state index in [1.165, 1.54) is 0 Å². The van der Waals surface area contributed by atoms with Crippen LogP contribution in [0, 0.1) is 0 Å². The minimum atomic E-state index is 0.525. The second kappa shape index (κ2) is 7.34. The van der Waals surface area contributed by atoms with Crippen molar-refractivity contribution in [1.82, 2.24) is 9.97 Å². The summed E-state index contributed by atoms with van der Waals surface area (Å²) in [6, 6.07) is 24.6. The molecular weight excluding hydrogens is 358 g/mol. The molecule has 4 nitrogen and oxygen atoms in total. The molecule has 3 aromatic heterocycles. The zero-order valence-electron chi connectivity index (χ0n) is 15.7. The van der Waals surface area contributed by atoms with Gasteiger partial charge in [0.1, 0.15) is 0 Å². The van der Waals surface area contributed by atoms with Gasteiger partial charge < -0.3 is 10.2 Å². The van der Waals surface area contributed by atoms with Gasteiger partial charge in [-0.2, -0.15) is 0 Å². The first kappa shape index (κ1) is 17.3. The van der Waals surface area contributed by atoms with Gasteiger partial charge in [0.2, 0.25) is 0 Å². The van der Waals surface area contributed by atoms with Crippen molar-refractivity contribution in [2.24, 2.45) is 5.73 Å². The second-order valence-corrected chi connectivity index (χ2v) is 6.89. The Morgan fingerprint density at radius 1 is 0.793 bits per heavy atom. The van der Waals surface area contributed by atoms with Gasteiger partial charge in [-0.15, -0.1) is 0 Å². The van der Waals surface area contributed by atoms with E-state index >= 15 is 0 Å². The number of nitrogens with zero attached hydrogens (tertiary/aromatic N) is 2. The van der Waals surface area contributed by atoms with Crippen LogP contribution in [0.2, 0.25) is 0 Å². The average Bonchev–Trinajstić information content (AvgIpc) is 3.33. The lowest BCUT2D eigenvalue weighted by atomic mass is 9.96. The number of hydrogen-bond acceptors (Lipinski definition) is 4. The van der Waals surface area contributed by atoms with Crippen LogP contribution in [-0.4, -0.2) is 9.97 Å². The fourth-order valence-corrected chi connectivity index (χ4v) is 3.58. The standard InChI is InChI=1S/C25H19N3O/c26-15-17-6-8-19(9-7-17)25-21(18-4-2-1-3-5-18)14-22-23(28-25)10-12-27-24(22)20-11-13-29-16-20/h1-14,16H,15,26H2. The molecule has 4 heteroatoms. The molecule has 2 N–H and O–H groups in total. The van der Waals surface area contributed by atoms with Crippen LogP contribution in [0.5, 0.6) is 0 Å². The van der Waals surface area contributed by atoms with Gasteiger partial charge in [-0.3, -0.25) is 4.98 Å². The zero-order chi connectivity index (χ0) is 19.6. The summed E-state index contributed by atoms with van der Waals surface area (Å²) < 4.78 is 5.28. The van der Waals surface area contributed by atoms with E-state index < -0.39 is 0 Å². The molecule has 0 bridgehead atoms. The summed E-state index contributed by atoms with van der Waals surface area (Å²) in [6.45, 7) is 0.525. The minimum absolute atomic E-state index is 0.525. The third kappa shape index (κ3) is 3.20. The summed E-state index contributed by atoms with van der Waals surface area (Å²) in [6.07, 6.45) is 5.17. The predicted octanol–water partition coefficient (Wildman–Crippen LogP) is 5.68. The highest BCUT2D eigenvalue weighted by atomic mass is 16.3. The van der Waals surface area contributed by atoms with Crippen molar-refractivity contribution in [1.29, 1.82) is 0 Å². The van der Waals surface area contributed by atoms with Gasteiger partial charge in [0.25, 0.3) is 0 Å². The quantitative estimate of drug-likeness (QED) is 0.437. The Balaban J connectivity index is 1.79. The first-order chi connectivity index (χ1) is 14.3. The SMILES string of the molecule is NCc1ccc(-c2nc3ccnc(-c4ccoc4)c3cc2-c2ccccc2)cc1.